The average molecular weight is 258 g/mol. The molecule has 0 saturated carbocycles. The molecule has 0 bridgehead atoms. The number of hydrogen-bond donors (Lipinski definition) is 1. The molecule has 1 aromatic heterocycles. The Morgan fingerprint density at radius 3 is 2.89 bits per heavy atom. The number of nitrogens with one attached hydrogen (secondary N) is 1. The van der Waals surface area contributed by atoms with Crippen molar-refractivity contribution in [3.05, 3.63) is 24.3 Å². The van der Waals surface area contributed by atoms with Crippen molar-refractivity contribution in [1.29, 1.82) is 5.26 Å². The Bertz CT molecular complexity index is 591. The molecule has 92 valence electrons. The Morgan fingerprint density at radius 2 is 2.17 bits per heavy atom. The molecule has 1 atom stereocenters. The molecule has 0 aliphatic rings. The standard InChI is InChI=1S/C13H14N4S/c1-3-15-12-10-6-4-5-7-11(10)16-13(17-12)18-9(2)8-14/h4-7,9H,3H2,1-2H3,(H,15,16,17)/t9-/m0/s1. The molecule has 0 radical (unpaired) electrons. The molecule has 0 aliphatic heterocycles. The summed E-state index contributed by atoms with van der Waals surface area (Å²) < 4.78 is 0. The predicted octanol–water partition coefficient (Wildman–Crippen LogP) is 3.07. The monoisotopic (exact) mass is 258 g/mol. The third-order valence-corrected chi connectivity index (χ3v) is 3.24. The van der Waals surface area contributed by atoms with Gasteiger partial charge in [0, 0.05) is 11.9 Å². The summed E-state index contributed by atoms with van der Waals surface area (Å²) in [6, 6.07) is 10.0. The van der Waals surface area contributed by atoms with Gasteiger partial charge in [0.05, 0.1) is 16.8 Å². The summed E-state index contributed by atoms with van der Waals surface area (Å²) in [6.07, 6.45) is 0. The summed E-state index contributed by atoms with van der Waals surface area (Å²) >= 11 is 1.38. The fourth-order valence-electron chi connectivity index (χ4n) is 1.59. The number of anilines is 1. The average Bonchev–Trinajstić information content (AvgIpc) is 2.39. The lowest BCUT2D eigenvalue weighted by Crippen LogP contribution is -2.03. The van der Waals surface area contributed by atoms with Gasteiger partial charge in [-0.3, -0.25) is 0 Å². The Balaban J connectivity index is 2.47. The lowest BCUT2D eigenvalue weighted by molar-refractivity contribution is 0.987. The number of para-hydroxylation sites is 1. The highest BCUT2D eigenvalue weighted by molar-refractivity contribution is 8.00. The van der Waals surface area contributed by atoms with E-state index >= 15 is 0 Å². The van der Waals surface area contributed by atoms with Gasteiger partial charge in [-0.25, -0.2) is 9.97 Å². The summed E-state index contributed by atoms with van der Waals surface area (Å²) in [5.41, 5.74) is 0.899. The van der Waals surface area contributed by atoms with Crippen molar-refractivity contribution >= 4 is 28.5 Å². The first-order valence-electron chi connectivity index (χ1n) is 5.81. The molecular weight excluding hydrogens is 244 g/mol. The van der Waals surface area contributed by atoms with Gasteiger partial charge in [0.2, 0.25) is 0 Å². The van der Waals surface area contributed by atoms with Gasteiger partial charge in [-0.1, -0.05) is 23.9 Å². The molecule has 0 amide bonds. The third kappa shape index (κ3) is 2.71. The van der Waals surface area contributed by atoms with Crippen LogP contribution in [0.1, 0.15) is 13.8 Å². The van der Waals surface area contributed by atoms with Crippen molar-refractivity contribution in [2.24, 2.45) is 0 Å². The van der Waals surface area contributed by atoms with Crippen molar-refractivity contribution in [3.8, 4) is 6.07 Å². The van der Waals surface area contributed by atoms with Crippen LogP contribution in [0.25, 0.3) is 10.9 Å². The van der Waals surface area contributed by atoms with Crippen LogP contribution in [0.15, 0.2) is 29.4 Å². The highest BCUT2D eigenvalue weighted by Crippen LogP contribution is 2.26. The number of nitriles is 1. The summed E-state index contributed by atoms with van der Waals surface area (Å²) in [6.45, 7) is 4.68. The predicted molar refractivity (Wildman–Crippen MR) is 74.6 cm³/mol. The Labute approximate surface area is 110 Å². The van der Waals surface area contributed by atoms with E-state index in [-0.39, 0.29) is 5.25 Å². The molecule has 0 spiro atoms. The second kappa shape index (κ2) is 5.69. The van der Waals surface area contributed by atoms with Gasteiger partial charge in [-0.2, -0.15) is 5.26 Å². The Morgan fingerprint density at radius 1 is 1.39 bits per heavy atom. The smallest absolute Gasteiger partial charge is 0.191 e. The highest BCUT2D eigenvalue weighted by Gasteiger charge is 2.10. The minimum absolute atomic E-state index is 0.152. The van der Waals surface area contributed by atoms with E-state index in [0.717, 1.165) is 23.3 Å². The maximum Gasteiger partial charge on any atom is 0.191 e. The van der Waals surface area contributed by atoms with Crippen LogP contribution in [-0.4, -0.2) is 21.8 Å². The van der Waals surface area contributed by atoms with E-state index in [1.165, 1.54) is 11.8 Å². The van der Waals surface area contributed by atoms with Crippen LogP contribution in [0.5, 0.6) is 0 Å². The summed E-state index contributed by atoms with van der Waals surface area (Å²) in [4.78, 5) is 8.93. The lowest BCUT2D eigenvalue weighted by atomic mass is 10.2. The molecule has 2 aromatic rings. The van der Waals surface area contributed by atoms with Crippen LogP contribution < -0.4 is 5.32 Å². The quantitative estimate of drug-likeness (QED) is 0.674. The first-order chi connectivity index (χ1) is 8.74. The van der Waals surface area contributed by atoms with Crippen LogP contribution in [0.4, 0.5) is 5.82 Å². The molecule has 2 rings (SSSR count). The lowest BCUT2D eigenvalue weighted by Gasteiger charge is -2.09. The highest BCUT2D eigenvalue weighted by atomic mass is 32.2. The number of thioether (sulfide) groups is 1. The molecule has 0 unspecified atom stereocenters. The summed E-state index contributed by atoms with van der Waals surface area (Å²) in [5.74, 6) is 0.829. The summed E-state index contributed by atoms with van der Waals surface area (Å²) in [7, 11) is 0. The number of nitrogens with zero attached hydrogens (tertiary/aromatic N) is 3. The maximum absolute atomic E-state index is 8.84. The van der Waals surface area contributed by atoms with E-state index in [9.17, 15) is 0 Å². The van der Waals surface area contributed by atoms with E-state index < -0.39 is 0 Å². The number of rotatable bonds is 4. The first-order valence-corrected chi connectivity index (χ1v) is 6.69. The van der Waals surface area contributed by atoms with E-state index in [4.69, 9.17) is 5.26 Å². The van der Waals surface area contributed by atoms with Crippen molar-refractivity contribution in [2.45, 2.75) is 24.3 Å². The molecule has 0 saturated heterocycles. The van der Waals surface area contributed by atoms with E-state index in [1.54, 1.807) is 0 Å². The molecule has 4 nitrogen and oxygen atoms in total. The van der Waals surface area contributed by atoms with E-state index in [1.807, 2.05) is 38.1 Å². The minimum Gasteiger partial charge on any atom is -0.370 e. The van der Waals surface area contributed by atoms with E-state index in [2.05, 4.69) is 21.4 Å². The number of aromatic nitrogens is 2. The van der Waals surface area contributed by atoms with Gasteiger partial charge < -0.3 is 5.32 Å². The number of hydrogen-bond acceptors (Lipinski definition) is 5. The van der Waals surface area contributed by atoms with Crippen molar-refractivity contribution in [3.63, 3.8) is 0 Å². The fraction of sp³-hybridized carbons (Fsp3) is 0.308. The fourth-order valence-corrected chi connectivity index (χ4v) is 2.26. The van der Waals surface area contributed by atoms with Crippen LogP contribution >= 0.6 is 11.8 Å². The third-order valence-electron chi connectivity index (χ3n) is 2.39. The van der Waals surface area contributed by atoms with E-state index in [0.29, 0.717) is 5.16 Å². The van der Waals surface area contributed by atoms with Crippen LogP contribution in [0.3, 0.4) is 0 Å². The van der Waals surface area contributed by atoms with Gasteiger partial charge in [0.1, 0.15) is 5.82 Å². The van der Waals surface area contributed by atoms with Crippen molar-refractivity contribution < 1.29 is 0 Å². The van der Waals surface area contributed by atoms with Crippen LogP contribution in [0, 0.1) is 11.3 Å². The second-order valence-electron chi connectivity index (χ2n) is 3.79. The Kier molecular flexibility index (Phi) is 4.00. The van der Waals surface area contributed by atoms with Gasteiger partial charge in [0.25, 0.3) is 0 Å². The molecular formula is C13H14N4S. The van der Waals surface area contributed by atoms with Crippen molar-refractivity contribution in [2.75, 3.05) is 11.9 Å². The molecule has 1 heterocycles. The van der Waals surface area contributed by atoms with Gasteiger partial charge in [-0.05, 0) is 26.0 Å². The SMILES string of the molecule is CCNc1nc(S[C@@H](C)C#N)nc2ccccc12. The Hall–Kier alpha value is -1.80. The second-order valence-corrected chi connectivity index (χ2v) is 5.10. The van der Waals surface area contributed by atoms with Gasteiger partial charge in [0.15, 0.2) is 5.16 Å². The molecule has 0 aliphatic carbocycles. The normalized spacial score (nSPS) is 12.1. The molecule has 1 N–H and O–H groups in total. The molecule has 5 heteroatoms. The minimum atomic E-state index is -0.152. The maximum atomic E-state index is 8.84. The van der Waals surface area contributed by atoms with Gasteiger partial charge in [-0.15, -0.1) is 0 Å². The summed E-state index contributed by atoms with van der Waals surface area (Å²) in [5, 5.41) is 13.6. The first kappa shape index (κ1) is 12.7. The topological polar surface area (TPSA) is 61.6 Å². The van der Waals surface area contributed by atoms with Crippen LogP contribution in [0.2, 0.25) is 0 Å². The van der Waals surface area contributed by atoms with Crippen molar-refractivity contribution in [1.82, 2.24) is 9.97 Å². The molecule has 1 aromatic carbocycles. The zero-order valence-electron chi connectivity index (χ0n) is 10.3. The molecule has 0 fully saturated rings. The zero-order chi connectivity index (χ0) is 13.0. The van der Waals surface area contributed by atoms with Crippen LogP contribution in [-0.2, 0) is 0 Å². The largest absolute Gasteiger partial charge is 0.370 e. The number of benzene rings is 1. The molecule has 18 heavy (non-hydrogen) atoms. The number of fused-ring (bicyclic) bond motifs is 1. The van der Waals surface area contributed by atoms with Gasteiger partial charge >= 0.3 is 0 Å². The zero-order valence-corrected chi connectivity index (χ0v) is 11.2.